The molecule has 2 aromatic carbocycles. The van der Waals surface area contributed by atoms with E-state index < -0.39 is 0 Å². The van der Waals surface area contributed by atoms with Gasteiger partial charge in [0.15, 0.2) is 0 Å². The van der Waals surface area contributed by atoms with Gasteiger partial charge in [-0.25, -0.2) is 0 Å². The summed E-state index contributed by atoms with van der Waals surface area (Å²) in [5.41, 5.74) is 3.94. The molecule has 0 saturated carbocycles. The molecule has 1 N–H and O–H groups in total. The first-order chi connectivity index (χ1) is 12.3. The number of ether oxygens (including phenoxy) is 1. The molecule has 0 atom stereocenters. The summed E-state index contributed by atoms with van der Waals surface area (Å²) in [4.78, 5) is 16.6. The number of hydrogen-bond donors (Lipinski definition) is 1. The standard InChI is InChI=1S/C21H20N2O2/c1-25-18-11-9-16(10-12-18)14-21(24)23-15-17-6-2-3-7-19(17)20-8-4-5-13-22-20/h2-13H,14-15H2,1H3,(H,23,24). The van der Waals surface area contributed by atoms with Gasteiger partial charge in [0, 0.05) is 18.3 Å². The highest BCUT2D eigenvalue weighted by molar-refractivity contribution is 5.79. The third-order valence-corrected chi connectivity index (χ3v) is 3.96. The van der Waals surface area contributed by atoms with E-state index in [2.05, 4.69) is 10.3 Å². The Labute approximate surface area is 147 Å². The molecule has 0 aliphatic rings. The Bertz CT molecular complexity index is 830. The van der Waals surface area contributed by atoms with E-state index in [9.17, 15) is 4.79 Å². The molecule has 0 fully saturated rings. The van der Waals surface area contributed by atoms with Crippen LogP contribution in [0.25, 0.3) is 11.3 Å². The number of aromatic nitrogens is 1. The van der Waals surface area contributed by atoms with Crippen molar-refractivity contribution in [2.24, 2.45) is 0 Å². The minimum Gasteiger partial charge on any atom is -0.497 e. The van der Waals surface area contributed by atoms with Crippen molar-refractivity contribution in [3.05, 3.63) is 84.1 Å². The molecule has 25 heavy (non-hydrogen) atoms. The SMILES string of the molecule is COc1ccc(CC(=O)NCc2ccccc2-c2ccccn2)cc1. The number of amides is 1. The number of nitrogens with zero attached hydrogens (tertiary/aromatic N) is 1. The van der Waals surface area contributed by atoms with Gasteiger partial charge in [-0.2, -0.15) is 0 Å². The zero-order valence-electron chi connectivity index (χ0n) is 14.1. The fourth-order valence-corrected chi connectivity index (χ4v) is 2.63. The zero-order valence-corrected chi connectivity index (χ0v) is 14.1. The van der Waals surface area contributed by atoms with Crippen LogP contribution in [-0.2, 0) is 17.8 Å². The summed E-state index contributed by atoms with van der Waals surface area (Å²) in [5, 5.41) is 2.99. The number of methoxy groups -OCH3 is 1. The van der Waals surface area contributed by atoms with Crippen molar-refractivity contribution in [2.75, 3.05) is 7.11 Å². The number of rotatable bonds is 6. The van der Waals surface area contributed by atoms with Crippen LogP contribution >= 0.6 is 0 Å². The summed E-state index contributed by atoms with van der Waals surface area (Å²) < 4.78 is 5.13. The van der Waals surface area contributed by atoms with Crippen LogP contribution in [0, 0.1) is 0 Å². The summed E-state index contributed by atoms with van der Waals surface area (Å²) in [6, 6.07) is 21.3. The molecule has 4 nitrogen and oxygen atoms in total. The molecule has 126 valence electrons. The number of pyridine rings is 1. The third-order valence-electron chi connectivity index (χ3n) is 3.96. The van der Waals surface area contributed by atoms with Crippen molar-refractivity contribution < 1.29 is 9.53 Å². The highest BCUT2D eigenvalue weighted by Crippen LogP contribution is 2.21. The van der Waals surface area contributed by atoms with Gasteiger partial charge < -0.3 is 10.1 Å². The van der Waals surface area contributed by atoms with Crippen LogP contribution in [-0.4, -0.2) is 18.0 Å². The molecule has 3 rings (SSSR count). The van der Waals surface area contributed by atoms with Gasteiger partial charge in [-0.05, 0) is 35.4 Å². The average molecular weight is 332 g/mol. The van der Waals surface area contributed by atoms with Crippen LogP contribution in [0.5, 0.6) is 5.75 Å². The minimum atomic E-state index is -0.0130. The topological polar surface area (TPSA) is 51.2 Å². The molecule has 0 spiro atoms. The lowest BCUT2D eigenvalue weighted by atomic mass is 10.0. The third kappa shape index (κ3) is 4.44. The van der Waals surface area contributed by atoms with Crippen molar-refractivity contribution in [1.82, 2.24) is 10.3 Å². The Balaban J connectivity index is 1.64. The fraction of sp³-hybridized carbons (Fsp3) is 0.143. The van der Waals surface area contributed by atoms with E-state index in [1.54, 1.807) is 13.3 Å². The van der Waals surface area contributed by atoms with Gasteiger partial charge >= 0.3 is 0 Å². The molecular formula is C21H20N2O2. The van der Waals surface area contributed by atoms with E-state index in [0.717, 1.165) is 28.1 Å². The average Bonchev–Trinajstić information content (AvgIpc) is 2.68. The number of carbonyl (C=O) groups is 1. The lowest BCUT2D eigenvalue weighted by Crippen LogP contribution is -2.24. The predicted molar refractivity (Wildman–Crippen MR) is 98.2 cm³/mol. The van der Waals surface area contributed by atoms with Crippen LogP contribution in [0.3, 0.4) is 0 Å². The lowest BCUT2D eigenvalue weighted by Gasteiger charge is -2.10. The second-order valence-electron chi connectivity index (χ2n) is 5.67. The van der Waals surface area contributed by atoms with Crippen LogP contribution in [0.15, 0.2) is 72.9 Å². The maximum atomic E-state index is 12.2. The molecule has 0 radical (unpaired) electrons. The van der Waals surface area contributed by atoms with E-state index in [1.165, 1.54) is 0 Å². The second kappa shape index (κ2) is 8.11. The Kier molecular flexibility index (Phi) is 5.42. The van der Waals surface area contributed by atoms with Gasteiger partial charge in [0.05, 0.1) is 19.2 Å². The number of nitrogens with one attached hydrogen (secondary N) is 1. The summed E-state index contributed by atoms with van der Waals surface area (Å²) in [6.07, 6.45) is 2.12. The summed E-state index contributed by atoms with van der Waals surface area (Å²) in [5.74, 6) is 0.773. The van der Waals surface area contributed by atoms with E-state index >= 15 is 0 Å². The quantitative estimate of drug-likeness (QED) is 0.750. The molecule has 0 aliphatic heterocycles. The molecular weight excluding hydrogens is 312 g/mol. The Hall–Kier alpha value is -3.14. The maximum absolute atomic E-state index is 12.2. The van der Waals surface area contributed by atoms with Crippen molar-refractivity contribution in [3.8, 4) is 17.0 Å². The lowest BCUT2D eigenvalue weighted by molar-refractivity contribution is -0.120. The maximum Gasteiger partial charge on any atom is 0.224 e. The summed E-state index contributed by atoms with van der Waals surface area (Å²) in [6.45, 7) is 0.474. The number of hydrogen-bond acceptors (Lipinski definition) is 3. The number of carbonyl (C=O) groups excluding carboxylic acids is 1. The Morgan fingerprint density at radius 2 is 1.76 bits per heavy atom. The molecule has 4 heteroatoms. The Morgan fingerprint density at radius 3 is 2.48 bits per heavy atom. The zero-order chi connectivity index (χ0) is 17.5. The van der Waals surface area contributed by atoms with Crippen molar-refractivity contribution in [2.45, 2.75) is 13.0 Å². The van der Waals surface area contributed by atoms with Gasteiger partial charge in [0.25, 0.3) is 0 Å². The number of benzene rings is 2. The first kappa shape index (κ1) is 16.7. The monoisotopic (exact) mass is 332 g/mol. The fourth-order valence-electron chi connectivity index (χ4n) is 2.63. The minimum absolute atomic E-state index is 0.0130. The summed E-state index contributed by atoms with van der Waals surface area (Å²) >= 11 is 0. The second-order valence-corrected chi connectivity index (χ2v) is 5.67. The van der Waals surface area contributed by atoms with E-state index in [4.69, 9.17) is 4.74 Å². The normalized spacial score (nSPS) is 10.3. The van der Waals surface area contributed by atoms with Gasteiger partial charge in [0.2, 0.25) is 5.91 Å². The van der Waals surface area contributed by atoms with Crippen LogP contribution in [0.4, 0.5) is 0 Å². The molecule has 3 aromatic rings. The molecule has 1 heterocycles. The van der Waals surface area contributed by atoms with E-state index in [1.807, 2.05) is 66.7 Å². The highest BCUT2D eigenvalue weighted by atomic mass is 16.5. The predicted octanol–water partition coefficient (Wildman–Crippen LogP) is 3.62. The smallest absolute Gasteiger partial charge is 0.224 e. The van der Waals surface area contributed by atoms with Gasteiger partial charge in [-0.1, -0.05) is 42.5 Å². The first-order valence-electron chi connectivity index (χ1n) is 8.15. The Morgan fingerprint density at radius 1 is 1.00 bits per heavy atom. The molecule has 1 amide bonds. The van der Waals surface area contributed by atoms with Gasteiger partial charge in [0.1, 0.15) is 5.75 Å². The van der Waals surface area contributed by atoms with Crippen molar-refractivity contribution >= 4 is 5.91 Å². The first-order valence-corrected chi connectivity index (χ1v) is 8.15. The van der Waals surface area contributed by atoms with Crippen LogP contribution in [0.2, 0.25) is 0 Å². The van der Waals surface area contributed by atoms with Crippen LogP contribution in [0.1, 0.15) is 11.1 Å². The summed E-state index contributed by atoms with van der Waals surface area (Å²) in [7, 11) is 1.63. The highest BCUT2D eigenvalue weighted by Gasteiger charge is 2.08. The molecule has 0 bridgehead atoms. The largest absolute Gasteiger partial charge is 0.497 e. The molecule has 0 aliphatic carbocycles. The molecule has 0 unspecified atom stereocenters. The molecule has 1 aromatic heterocycles. The van der Waals surface area contributed by atoms with Gasteiger partial charge in [-0.15, -0.1) is 0 Å². The molecule has 0 saturated heterocycles. The van der Waals surface area contributed by atoms with Gasteiger partial charge in [-0.3, -0.25) is 9.78 Å². The van der Waals surface area contributed by atoms with E-state index in [0.29, 0.717) is 13.0 Å². The van der Waals surface area contributed by atoms with Crippen molar-refractivity contribution in [3.63, 3.8) is 0 Å². The van der Waals surface area contributed by atoms with Crippen molar-refractivity contribution in [1.29, 1.82) is 0 Å². The van der Waals surface area contributed by atoms with Crippen LogP contribution < -0.4 is 10.1 Å². The van der Waals surface area contributed by atoms with E-state index in [-0.39, 0.29) is 5.91 Å².